The van der Waals surface area contributed by atoms with Crippen LogP contribution in [0.3, 0.4) is 0 Å². The molecule has 0 spiro atoms. The van der Waals surface area contributed by atoms with Gasteiger partial charge in [0.2, 0.25) is 12.4 Å². The molecule has 1 aliphatic rings. The lowest BCUT2D eigenvalue weighted by molar-refractivity contribution is -0.119. The molecular formula is C19H21F5N6O. The van der Waals surface area contributed by atoms with Crippen LogP contribution in [0.1, 0.15) is 28.8 Å². The third kappa shape index (κ3) is 5.92. The number of fused-ring (bicyclic) bond motifs is 1. The summed E-state index contributed by atoms with van der Waals surface area (Å²) in [5, 5.41) is 5.76. The average Bonchev–Trinajstić information content (AvgIpc) is 3.07. The van der Waals surface area contributed by atoms with Crippen LogP contribution in [0.25, 0.3) is 0 Å². The molecule has 4 N–H and O–H groups in total. The second-order valence-electron chi connectivity index (χ2n) is 7.00. The van der Waals surface area contributed by atoms with Crippen molar-refractivity contribution in [2.24, 2.45) is 5.73 Å². The van der Waals surface area contributed by atoms with Crippen molar-refractivity contribution in [1.82, 2.24) is 9.97 Å². The molecule has 1 amide bonds. The predicted octanol–water partition coefficient (Wildman–Crippen LogP) is 3.70. The second kappa shape index (κ2) is 9.31. The van der Waals surface area contributed by atoms with Gasteiger partial charge in [-0.3, -0.25) is 4.79 Å². The molecule has 0 atom stereocenters. The molecule has 0 bridgehead atoms. The number of primary amides is 1. The summed E-state index contributed by atoms with van der Waals surface area (Å²) in [7, 11) is 0. The van der Waals surface area contributed by atoms with Gasteiger partial charge >= 0.3 is 6.18 Å². The number of anilines is 4. The van der Waals surface area contributed by atoms with E-state index in [1.54, 1.807) is 18.2 Å². The molecule has 1 aromatic carbocycles. The normalized spacial score (nSPS) is 13.4. The fraction of sp³-hybridized carbons (Fsp3) is 0.421. The van der Waals surface area contributed by atoms with Crippen LogP contribution in [0, 0.1) is 0 Å². The molecule has 0 saturated carbocycles. The third-order valence-corrected chi connectivity index (χ3v) is 4.68. The molecule has 2 heterocycles. The Bertz CT molecular complexity index is 936. The van der Waals surface area contributed by atoms with Gasteiger partial charge in [-0.2, -0.15) is 18.2 Å². The van der Waals surface area contributed by atoms with Crippen molar-refractivity contribution < 1.29 is 26.7 Å². The summed E-state index contributed by atoms with van der Waals surface area (Å²) < 4.78 is 63.0. The summed E-state index contributed by atoms with van der Waals surface area (Å²) in [5.41, 5.74) is 6.97. The zero-order valence-corrected chi connectivity index (χ0v) is 16.3. The van der Waals surface area contributed by atoms with Crippen molar-refractivity contribution in [2.45, 2.75) is 31.9 Å². The number of nitrogens with two attached hydrogens (primary N) is 1. The van der Waals surface area contributed by atoms with Gasteiger partial charge in [-0.05, 0) is 25.0 Å². The number of aromatic nitrogens is 2. The number of nitrogens with zero attached hydrogens (tertiary/aromatic N) is 3. The smallest absolute Gasteiger partial charge is 0.365 e. The molecular weight excluding hydrogens is 423 g/mol. The molecule has 12 heteroatoms. The molecule has 0 radical (unpaired) electrons. The zero-order valence-electron chi connectivity index (χ0n) is 16.3. The van der Waals surface area contributed by atoms with E-state index in [0.29, 0.717) is 23.4 Å². The standard InChI is InChI=1S/C19H21F5N6O/c20-15(21)5-2-7-26-18-27-9-12(16(25)31)17(29-18)28-13-3-1-4-14-11(13)6-8-30(14)10-19(22,23)24/h1,3-4,9,15H,2,5-8,10H2,(H2,25,31)(H2,26,27,28,29). The fourth-order valence-electron chi connectivity index (χ4n) is 3.33. The highest BCUT2D eigenvalue weighted by Gasteiger charge is 2.34. The summed E-state index contributed by atoms with van der Waals surface area (Å²) in [6.45, 7) is -0.653. The van der Waals surface area contributed by atoms with E-state index in [2.05, 4.69) is 20.6 Å². The maximum atomic E-state index is 12.8. The average molecular weight is 444 g/mol. The number of hydrogen-bond acceptors (Lipinski definition) is 6. The molecule has 0 saturated heterocycles. The van der Waals surface area contributed by atoms with E-state index in [-0.39, 0.29) is 43.3 Å². The Morgan fingerprint density at radius 3 is 2.74 bits per heavy atom. The molecule has 3 rings (SSSR count). The molecule has 0 unspecified atom stereocenters. The van der Waals surface area contributed by atoms with Crippen molar-refractivity contribution in [1.29, 1.82) is 0 Å². The number of amides is 1. The van der Waals surface area contributed by atoms with Crippen LogP contribution in [0.15, 0.2) is 24.4 Å². The third-order valence-electron chi connectivity index (χ3n) is 4.68. The summed E-state index contributed by atoms with van der Waals surface area (Å²) in [6.07, 6.45) is -5.24. The highest BCUT2D eigenvalue weighted by molar-refractivity contribution is 5.98. The van der Waals surface area contributed by atoms with Crippen LogP contribution >= 0.6 is 0 Å². The Kier molecular flexibility index (Phi) is 6.76. The minimum Gasteiger partial charge on any atom is -0.365 e. The molecule has 31 heavy (non-hydrogen) atoms. The van der Waals surface area contributed by atoms with Crippen LogP contribution in [0.5, 0.6) is 0 Å². The molecule has 7 nitrogen and oxygen atoms in total. The Morgan fingerprint density at radius 2 is 2.06 bits per heavy atom. The minimum absolute atomic E-state index is 0.0131. The van der Waals surface area contributed by atoms with E-state index >= 15 is 0 Å². The number of benzene rings is 1. The van der Waals surface area contributed by atoms with Crippen LogP contribution in [-0.4, -0.2) is 48.1 Å². The molecule has 2 aromatic rings. The van der Waals surface area contributed by atoms with Crippen molar-refractivity contribution in [3.8, 4) is 0 Å². The Labute approximate surface area is 174 Å². The lowest BCUT2D eigenvalue weighted by Crippen LogP contribution is -2.32. The maximum absolute atomic E-state index is 12.8. The van der Waals surface area contributed by atoms with Crippen molar-refractivity contribution in [3.63, 3.8) is 0 Å². The molecule has 0 aliphatic carbocycles. The molecule has 1 aromatic heterocycles. The maximum Gasteiger partial charge on any atom is 0.405 e. The van der Waals surface area contributed by atoms with Crippen LogP contribution in [0.2, 0.25) is 0 Å². The van der Waals surface area contributed by atoms with E-state index < -0.39 is 25.1 Å². The van der Waals surface area contributed by atoms with Gasteiger partial charge in [0.15, 0.2) is 0 Å². The van der Waals surface area contributed by atoms with Crippen molar-refractivity contribution >= 4 is 29.0 Å². The highest BCUT2D eigenvalue weighted by Crippen LogP contribution is 2.36. The fourth-order valence-corrected chi connectivity index (χ4v) is 3.33. The Balaban J connectivity index is 1.82. The first-order valence-corrected chi connectivity index (χ1v) is 9.53. The number of rotatable bonds is 9. The number of alkyl halides is 5. The van der Waals surface area contributed by atoms with Crippen LogP contribution in [0.4, 0.5) is 45.1 Å². The van der Waals surface area contributed by atoms with Crippen LogP contribution < -0.4 is 21.3 Å². The quantitative estimate of drug-likeness (QED) is 0.403. The lowest BCUT2D eigenvalue weighted by atomic mass is 10.1. The topological polar surface area (TPSA) is 96.2 Å². The number of halogens is 5. The number of hydrogen-bond donors (Lipinski definition) is 3. The van der Waals surface area contributed by atoms with Gasteiger partial charge in [0.25, 0.3) is 5.91 Å². The van der Waals surface area contributed by atoms with Gasteiger partial charge in [-0.15, -0.1) is 0 Å². The van der Waals surface area contributed by atoms with Gasteiger partial charge in [-0.1, -0.05) is 6.07 Å². The second-order valence-corrected chi connectivity index (χ2v) is 7.00. The minimum atomic E-state index is -4.33. The van der Waals surface area contributed by atoms with Crippen molar-refractivity contribution in [2.75, 3.05) is 35.2 Å². The van der Waals surface area contributed by atoms with Gasteiger partial charge < -0.3 is 21.3 Å². The van der Waals surface area contributed by atoms with E-state index in [9.17, 15) is 26.7 Å². The summed E-state index contributed by atoms with van der Waals surface area (Å²) in [5.74, 6) is -0.618. The van der Waals surface area contributed by atoms with E-state index in [4.69, 9.17) is 5.73 Å². The SMILES string of the molecule is NC(=O)c1cnc(NCCCC(F)F)nc1Nc1cccc2c1CCN2CC(F)(F)F. The summed E-state index contributed by atoms with van der Waals surface area (Å²) in [4.78, 5) is 21.2. The highest BCUT2D eigenvalue weighted by atomic mass is 19.4. The van der Waals surface area contributed by atoms with Gasteiger partial charge in [0.1, 0.15) is 17.9 Å². The number of carbonyl (C=O) groups excluding carboxylic acids is 1. The predicted molar refractivity (Wildman–Crippen MR) is 106 cm³/mol. The number of nitrogens with one attached hydrogen (secondary N) is 2. The Hall–Kier alpha value is -3.18. The van der Waals surface area contributed by atoms with E-state index in [1.807, 2.05) is 0 Å². The van der Waals surface area contributed by atoms with E-state index in [1.165, 1.54) is 11.1 Å². The van der Waals surface area contributed by atoms with Crippen molar-refractivity contribution in [3.05, 3.63) is 35.5 Å². The first-order valence-electron chi connectivity index (χ1n) is 9.53. The van der Waals surface area contributed by atoms with Gasteiger partial charge in [0, 0.05) is 42.6 Å². The first kappa shape index (κ1) is 22.5. The van der Waals surface area contributed by atoms with Gasteiger partial charge in [0.05, 0.1) is 0 Å². The van der Waals surface area contributed by atoms with Crippen LogP contribution in [-0.2, 0) is 6.42 Å². The molecule has 168 valence electrons. The first-order chi connectivity index (χ1) is 14.6. The Morgan fingerprint density at radius 1 is 1.29 bits per heavy atom. The zero-order chi connectivity index (χ0) is 22.6. The van der Waals surface area contributed by atoms with Gasteiger partial charge in [-0.25, -0.2) is 13.8 Å². The van der Waals surface area contributed by atoms with E-state index in [0.717, 1.165) is 0 Å². The summed E-state index contributed by atoms with van der Waals surface area (Å²) in [6, 6.07) is 4.87. The summed E-state index contributed by atoms with van der Waals surface area (Å²) >= 11 is 0. The lowest BCUT2D eigenvalue weighted by Gasteiger charge is -2.21. The number of carbonyl (C=O) groups is 1. The molecule has 1 aliphatic heterocycles. The monoisotopic (exact) mass is 444 g/mol. The largest absolute Gasteiger partial charge is 0.405 e. The molecule has 0 fully saturated rings.